The zero-order valence-corrected chi connectivity index (χ0v) is 15.3. The van der Waals surface area contributed by atoms with Gasteiger partial charge in [0.05, 0.1) is 0 Å². The van der Waals surface area contributed by atoms with Crippen LogP contribution in [0.5, 0.6) is 5.75 Å². The second kappa shape index (κ2) is 7.23. The van der Waals surface area contributed by atoms with Gasteiger partial charge in [-0.2, -0.15) is 5.21 Å². The van der Waals surface area contributed by atoms with E-state index in [1.165, 1.54) is 5.56 Å². The number of rotatable bonds is 6. The van der Waals surface area contributed by atoms with Crippen molar-refractivity contribution in [1.82, 2.24) is 20.6 Å². The molecule has 0 aliphatic carbocycles. The fourth-order valence-corrected chi connectivity index (χ4v) is 2.85. The van der Waals surface area contributed by atoms with Gasteiger partial charge in [0.25, 0.3) is 0 Å². The smallest absolute Gasteiger partial charge is 0.218 e. The SMILES string of the molecule is CC(C)c1ccc(OC(C)(Cc2ccc(Cl)cc2)c2nn[nH]n2)cc1. The van der Waals surface area contributed by atoms with E-state index in [4.69, 9.17) is 16.3 Å². The maximum absolute atomic E-state index is 6.30. The molecule has 3 rings (SSSR count). The summed E-state index contributed by atoms with van der Waals surface area (Å²) < 4.78 is 6.30. The number of aromatic amines is 1. The minimum Gasteiger partial charge on any atom is -0.479 e. The van der Waals surface area contributed by atoms with Crippen LogP contribution in [0.15, 0.2) is 48.5 Å². The molecule has 6 heteroatoms. The molecule has 0 fully saturated rings. The first-order valence-corrected chi connectivity index (χ1v) is 8.61. The number of hydrogen-bond acceptors (Lipinski definition) is 4. The Hall–Kier alpha value is -2.40. The molecule has 0 amide bonds. The third kappa shape index (κ3) is 4.17. The molecule has 25 heavy (non-hydrogen) atoms. The van der Waals surface area contributed by atoms with Gasteiger partial charge in [0.2, 0.25) is 5.82 Å². The van der Waals surface area contributed by atoms with Crippen molar-refractivity contribution in [3.05, 3.63) is 70.5 Å². The molecule has 1 aromatic heterocycles. The second-order valence-corrected chi connectivity index (χ2v) is 7.03. The molecule has 0 saturated heterocycles. The van der Waals surface area contributed by atoms with Crippen molar-refractivity contribution in [1.29, 1.82) is 0 Å². The summed E-state index contributed by atoms with van der Waals surface area (Å²) in [5, 5.41) is 15.2. The average Bonchev–Trinajstić information content (AvgIpc) is 3.13. The molecule has 2 aromatic carbocycles. The maximum Gasteiger partial charge on any atom is 0.218 e. The van der Waals surface area contributed by atoms with Crippen molar-refractivity contribution in [2.75, 3.05) is 0 Å². The highest BCUT2D eigenvalue weighted by Gasteiger charge is 2.34. The van der Waals surface area contributed by atoms with Crippen LogP contribution in [0.2, 0.25) is 5.02 Å². The standard InChI is InChI=1S/C19H21ClN4O/c1-13(2)15-6-10-17(11-7-15)25-19(3,18-21-23-24-22-18)12-14-4-8-16(20)9-5-14/h4-11,13H,12H2,1-3H3,(H,21,22,23,24). The molecule has 0 spiro atoms. The third-order valence-electron chi connectivity index (χ3n) is 4.16. The van der Waals surface area contributed by atoms with Crippen molar-refractivity contribution in [2.24, 2.45) is 0 Å². The zero-order chi connectivity index (χ0) is 17.9. The molecule has 0 aliphatic rings. The van der Waals surface area contributed by atoms with Gasteiger partial charge in [-0.05, 0) is 48.2 Å². The van der Waals surface area contributed by atoms with E-state index < -0.39 is 5.60 Å². The number of hydrogen-bond donors (Lipinski definition) is 1. The van der Waals surface area contributed by atoms with Crippen molar-refractivity contribution in [2.45, 2.75) is 38.7 Å². The topological polar surface area (TPSA) is 63.7 Å². The number of ether oxygens (including phenoxy) is 1. The normalized spacial score (nSPS) is 13.6. The Bertz CT molecular complexity index is 800. The number of tetrazole rings is 1. The summed E-state index contributed by atoms with van der Waals surface area (Å²) in [5.74, 6) is 1.76. The summed E-state index contributed by atoms with van der Waals surface area (Å²) in [7, 11) is 0. The molecular formula is C19H21ClN4O. The van der Waals surface area contributed by atoms with E-state index in [9.17, 15) is 0 Å². The van der Waals surface area contributed by atoms with Crippen LogP contribution in [-0.4, -0.2) is 20.6 Å². The highest BCUT2D eigenvalue weighted by atomic mass is 35.5. The van der Waals surface area contributed by atoms with E-state index in [0.29, 0.717) is 23.2 Å². The Labute approximate surface area is 152 Å². The van der Waals surface area contributed by atoms with Crippen molar-refractivity contribution in [3.63, 3.8) is 0 Å². The molecule has 0 aliphatic heterocycles. The summed E-state index contributed by atoms with van der Waals surface area (Å²) in [6.45, 7) is 6.29. The molecular weight excluding hydrogens is 336 g/mol. The van der Waals surface area contributed by atoms with E-state index in [1.54, 1.807) is 0 Å². The van der Waals surface area contributed by atoms with Crippen LogP contribution in [0, 0.1) is 0 Å². The summed E-state index contributed by atoms with van der Waals surface area (Å²) in [5.41, 5.74) is 1.60. The number of H-pyrrole nitrogens is 1. The molecule has 5 nitrogen and oxygen atoms in total. The van der Waals surface area contributed by atoms with Gasteiger partial charge < -0.3 is 4.74 Å². The van der Waals surface area contributed by atoms with Crippen molar-refractivity contribution >= 4 is 11.6 Å². The van der Waals surface area contributed by atoms with E-state index in [1.807, 2.05) is 43.3 Å². The van der Waals surface area contributed by atoms with E-state index in [2.05, 4.69) is 46.6 Å². The van der Waals surface area contributed by atoms with E-state index in [0.717, 1.165) is 11.3 Å². The van der Waals surface area contributed by atoms with Crippen LogP contribution < -0.4 is 4.74 Å². The largest absolute Gasteiger partial charge is 0.479 e. The van der Waals surface area contributed by atoms with Gasteiger partial charge in [-0.25, -0.2) is 0 Å². The first kappa shape index (κ1) is 17.4. The quantitative estimate of drug-likeness (QED) is 0.705. The van der Waals surface area contributed by atoms with Crippen LogP contribution in [0.1, 0.15) is 43.6 Å². The van der Waals surface area contributed by atoms with E-state index >= 15 is 0 Å². The first-order chi connectivity index (χ1) is 12.0. The predicted molar refractivity (Wildman–Crippen MR) is 97.8 cm³/mol. The Morgan fingerprint density at radius 3 is 2.32 bits per heavy atom. The summed E-state index contributed by atoms with van der Waals surface area (Å²) in [6.07, 6.45) is 0.593. The summed E-state index contributed by atoms with van der Waals surface area (Å²) in [4.78, 5) is 0. The monoisotopic (exact) mass is 356 g/mol. The number of benzene rings is 2. The molecule has 1 N–H and O–H groups in total. The Morgan fingerprint density at radius 2 is 1.76 bits per heavy atom. The van der Waals surface area contributed by atoms with Gasteiger partial charge in [-0.15, -0.1) is 10.2 Å². The van der Waals surface area contributed by atoms with Crippen LogP contribution in [-0.2, 0) is 12.0 Å². The van der Waals surface area contributed by atoms with Crippen LogP contribution in [0.4, 0.5) is 0 Å². The number of aromatic nitrogens is 4. The summed E-state index contributed by atoms with van der Waals surface area (Å²) in [6, 6.07) is 15.8. The molecule has 1 unspecified atom stereocenters. The van der Waals surface area contributed by atoms with Crippen LogP contribution >= 0.6 is 11.6 Å². The predicted octanol–water partition coefficient (Wildman–Crippen LogP) is 4.51. The lowest BCUT2D eigenvalue weighted by Crippen LogP contribution is -2.33. The minimum absolute atomic E-state index is 0.478. The lowest BCUT2D eigenvalue weighted by molar-refractivity contribution is 0.0774. The van der Waals surface area contributed by atoms with Gasteiger partial charge in [0.15, 0.2) is 5.60 Å². The number of nitrogens with zero attached hydrogens (tertiary/aromatic N) is 3. The molecule has 1 heterocycles. The number of nitrogens with one attached hydrogen (secondary N) is 1. The molecule has 0 bridgehead atoms. The third-order valence-corrected chi connectivity index (χ3v) is 4.41. The average molecular weight is 357 g/mol. The summed E-state index contributed by atoms with van der Waals surface area (Å²) >= 11 is 5.98. The van der Waals surface area contributed by atoms with Gasteiger partial charge in [0, 0.05) is 11.4 Å². The maximum atomic E-state index is 6.30. The fourth-order valence-electron chi connectivity index (χ4n) is 2.72. The first-order valence-electron chi connectivity index (χ1n) is 8.23. The molecule has 130 valence electrons. The van der Waals surface area contributed by atoms with Crippen LogP contribution in [0.25, 0.3) is 0 Å². The molecule has 0 radical (unpaired) electrons. The van der Waals surface area contributed by atoms with Gasteiger partial charge in [-0.1, -0.05) is 54.9 Å². The zero-order valence-electron chi connectivity index (χ0n) is 14.5. The second-order valence-electron chi connectivity index (χ2n) is 6.60. The number of halogens is 1. The minimum atomic E-state index is -0.750. The van der Waals surface area contributed by atoms with Gasteiger partial charge in [-0.3, -0.25) is 0 Å². The Morgan fingerprint density at radius 1 is 1.08 bits per heavy atom. The Kier molecular flexibility index (Phi) is 5.04. The molecule has 1 atom stereocenters. The van der Waals surface area contributed by atoms with Crippen molar-refractivity contribution in [3.8, 4) is 5.75 Å². The lowest BCUT2D eigenvalue weighted by atomic mass is 9.95. The molecule has 0 saturated carbocycles. The fraction of sp³-hybridized carbons (Fsp3) is 0.316. The highest BCUT2D eigenvalue weighted by molar-refractivity contribution is 6.30. The van der Waals surface area contributed by atoms with Gasteiger partial charge >= 0.3 is 0 Å². The van der Waals surface area contributed by atoms with Gasteiger partial charge in [0.1, 0.15) is 5.75 Å². The van der Waals surface area contributed by atoms with Crippen molar-refractivity contribution < 1.29 is 4.74 Å². The highest BCUT2D eigenvalue weighted by Crippen LogP contribution is 2.30. The van der Waals surface area contributed by atoms with Crippen LogP contribution in [0.3, 0.4) is 0 Å². The Balaban J connectivity index is 1.87. The molecule has 3 aromatic rings. The van der Waals surface area contributed by atoms with E-state index in [-0.39, 0.29) is 0 Å². The lowest BCUT2D eigenvalue weighted by Gasteiger charge is -2.28.